The summed E-state index contributed by atoms with van der Waals surface area (Å²) < 4.78 is 11.9. The molecule has 1 aromatic heterocycles. The molecular weight excluding hydrogens is 222 g/mol. The van der Waals surface area contributed by atoms with Crippen LogP contribution in [0.5, 0.6) is 0 Å². The lowest BCUT2D eigenvalue weighted by atomic mass is 10.2. The van der Waals surface area contributed by atoms with Gasteiger partial charge in [-0.15, -0.1) is 0 Å². The van der Waals surface area contributed by atoms with E-state index in [4.69, 9.17) is 11.0 Å². The molecule has 0 aromatic carbocycles. The normalized spacial score (nSPS) is 14.1. The number of nitrogens with zero attached hydrogens (tertiary/aromatic N) is 2. The topological polar surface area (TPSA) is 79.8 Å². The van der Waals surface area contributed by atoms with Gasteiger partial charge in [0.05, 0.1) is 5.75 Å². The summed E-state index contributed by atoms with van der Waals surface area (Å²) in [4.78, 5) is 3.94. The summed E-state index contributed by atoms with van der Waals surface area (Å²) in [6.45, 7) is 2.44. The van der Waals surface area contributed by atoms with E-state index in [0.29, 0.717) is 18.0 Å². The van der Waals surface area contributed by atoms with Crippen LogP contribution < -0.4 is 5.73 Å². The predicted octanol–water partition coefficient (Wildman–Crippen LogP) is 0.939. The largest absolute Gasteiger partial charge is 0.330 e. The molecule has 0 fully saturated rings. The minimum atomic E-state index is -0.999. The molecule has 86 valence electrons. The Morgan fingerprint density at radius 3 is 3.06 bits per heavy atom. The van der Waals surface area contributed by atoms with Crippen molar-refractivity contribution in [1.29, 1.82) is 5.26 Å². The average Bonchev–Trinajstić information content (AvgIpc) is 2.30. The van der Waals surface area contributed by atoms with Crippen molar-refractivity contribution < 1.29 is 4.21 Å². The standard InChI is InChI=1S/C11H15N3OS/c1-9(4-5-12)16(15)8-10-3-2-6-14-11(10)7-13/h2-3,6,9H,4-5,8,12H2,1H3. The molecule has 5 heteroatoms. The molecule has 2 unspecified atom stereocenters. The zero-order valence-corrected chi connectivity index (χ0v) is 10.0. The van der Waals surface area contributed by atoms with E-state index in [1.54, 1.807) is 18.3 Å². The summed E-state index contributed by atoms with van der Waals surface area (Å²) in [5.41, 5.74) is 6.52. The fourth-order valence-electron chi connectivity index (χ4n) is 1.32. The number of nitrogens with two attached hydrogens (primary N) is 1. The first-order valence-corrected chi connectivity index (χ1v) is 6.48. The van der Waals surface area contributed by atoms with Crippen molar-refractivity contribution in [3.63, 3.8) is 0 Å². The average molecular weight is 237 g/mol. The van der Waals surface area contributed by atoms with Crippen LogP contribution >= 0.6 is 0 Å². The lowest BCUT2D eigenvalue weighted by Gasteiger charge is -2.10. The van der Waals surface area contributed by atoms with Crippen molar-refractivity contribution >= 4 is 10.8 Å². The number of hydrogen-bond acceptors (Lipinski definition) is 4. The number of pyridine rings is 1. The molecule has 1 aromatic rings. The number of hydrogen-bond donors (Lipinski definition) is 1. The highest BCUT2D eigenvalue weighted by Gasteiger charge is 2.13. The third kappa shape index (κ3) is 3.40. The Labute approximate surface area is 97.9 Å². The Morgan fingerprint density at radius 2 is 2.44 bits per heavy atom. The van der Waals surface area contributed by atoms with Crippen molar-refractivity contribution in [2.75, 3.05) is 6.54 Å². The second kappa shape index (κ2) is 6.36. The Hall–Kier alpha value is -1.25. The molecule has 4 nitrogen and oxygen atoms in total. The predicted molar refractivity (Wildman–Crippen MR) is 63.9 cm³/mol. The molecule has 0 aliphatic rings. The maximum absolute atomic E-state index is 11.9. The number of rotatable bonds is 5. The van der Waals surface area contributed by atoms with Crippen LogP contribution in [-0.4, -0.2) is 21.0 Å². The van der Waals surface area contributed by atoms with Crippen molar-refractivity contribution in [2.45, 2.75) is 24.3 Å². The van der Waals surface area contributed by atoms with Gasteiger partial charge in [-0.2, -0.15) is 5.26 Å². The smallest absolute Gasteiger partial charge is 0.144 e. The first kappa shape index (κ1) is 12.8. The van der Waals surface area contributed by atoms with Crippen molar-refractivity contribution in [2.24, 2.45) is 5.73 Å². The van der Waals surface area contributed by atoms with E-state index in [1.807, 2.05) is 13.0 Å². The summed E-state index contributed by atoms with van der Waals surface area (Å²) in [5, 5.41) is 8.89. The van der Waals surface area contributed by atoms with E-state index < -0.39 is 10.8 Å². The molecule has 1 rings (SSSR count). The van der Waals surface area contributed by atoms with Crippen LogP contribution in [0, 0.1) is 11.3 Å². The van der Waals surface area contributed by atoms with E-state index in [-0.39, 0.29) is 5.25 Å². The molecule has 1 heterocycles. The lowest BCUT2D eigenvalue weighted by Crippen LogP contribution is -2.17. The van der Waals surface area contributed by atoms with Crippen LogP contribution in [0.15, 0.2) is 18.3 Å². The molecule has 0 aliphatic carbocycles. The fraction of sp³-hybridized carbons (Fsp3) is 0.455. The summed E-state index contributed by atoms with van der Waals surface area (Å²) in [7, 11) is -0.999. The van der Waals surface area contributed by atoms with Gasteiger partial charge in [-0.25, -0.2) is 4.98 Å². The van der Waals surface area contributed by atoms with Gasteiger partial charge in [0.2, 0.25) is 0 Å². The number of nitriles is 1. The van der Waals surface area contributed by atoms with Gasteiger partial charge >= 0.3 is 0 Å². The van der Waals surface area contributed by atoms with Gasteiger partial charge in [-0.3, -0.25) is 4.21 Å². The molecule has 0 saturated carbocycles. The first-order valence-electron chi connectivity index (χ1n) is 5.10. The molecule has 2 N–H and O–H groups in total. The monoisotopic (exact) mass is 237 g/mol. The summed E-state index contributed by atoms with van der Waals surface area (Å²) in [5.74, 6) is 0.373. The van der Waals surface area contributed by atoms with Crippen LogP contribution in [0.25, 0.3) is 0 Å². The van der Waals surface area contributed by atoms with E-state index in [2.05, 4.69) is 4.98 Å². The molecule has 0 spiro atoms. The second-order valence-electron chi connectivity index (χ2n) is 3.54. The van der Waals surface area contributed by atoms with Gasteiger partial charge in [-0.1, -0.05) is 13.0 Å². The van der Waals surface area contributed by atoms with Crippen LogP contribution in [-0.2, 0) is 16.6 Å². The van der Waals surface area contributed by atoms with Gasteiger partial charge in [0, 0.05) is 27.8 Å². The maximum atomic E-state index is 11.9. The second-order valence-corrected chi connectivity index (χ2v) is 5.39. The SMILES string of the molecule is CC(CCN)S(=O)Cc1cccnc1C#N. The molecule has 0 aliphatic heterocycles. The van der Waals surface area contributed by atoms with Gasteiger partial charge < -0.3 is 5.73 Å². The minimum Gasteiger partial charge on any atom is -0.330 e. The van der Waals surface area contributed by atoms with E-state index >= 15 is 0 Å². The molecule has 0 radical (unpaired) electrons. The van der Waals surface area contributed by atoms with Crippen LogP contribution in [0.1, 0.15) is 24.6 Å². The first-order chi connectivity index (χ1) is 7.69. The molecule has 2 atom stereocenters. The van der Waals surface area contributed by atoms with Gasteiger partial charge in [-0.05, 0) is 19.0 Å². The highest BCUT2D eigenvalue weighted by atomic mass is 32.2. The van der Waals surface area contributed by atoms with E-state index in [9.17, 15) is 4.21 Å². The van der Waals surface area contributed by atoms with E-state index in [1.165, 1.54) is 0 Å². The molecule has 0 saturated heterocycles. The third-order valence-corrected chi connectivity index (χ3v) is 4.05. The summed E-state index contributed by atoms with van der Waals surface area (Å²) in [6.07, 6.45) is 2.29. The van der Waals surface area contributed by atoms with E-state index in [0.717, 1.165) is 12.0 Å². The highest BCUT2D eigenvalue weighted by molar-refractivity contribution is 7.84. The van der Waals surface area contributed by atoms with Crippen LogP contribution in [0.3, 0.4) is 0 Å². The van der Waals surface area contributed by atoms with Gasteiger partial charge in [0.25, 0.3) is 0 Å². The van der Waals surface area contributed by atoms with Crippen molar-refractivity contribution in [3.05, 3.63) is 29.6 Å². The number of aromatic nitrogens is 1. The van der Waals surface area contributed by atoms with Crippen LogP contribution in [0.4, 0.5) is 0 Å². The van der Waals surface area contributed by atoms with Crippen molar-refractivity contribution in [3.8, 4) is 6.07 Å². The van der Waals surface area contributed by atoms with Gasteiger partial charge in [0.15, 0.2) is 0 Å². The third-order valence-electron chi connectivity index (χ3n) is 2.32. The Kier molecular flexibility index (Phi) is 5.09. The molecule has 16 heavy (non-hydrogen) atoms. The van der Waals surface area contributed by atoms with Gasteiger partial charge in [0.1, 0.15) is 11.8 Å². The quantitative estimate of drug-likeness (QED) is 0.826. The Balaban J connectivity index is 2.74. The lowest BCUT2D eigenvalue weighted by molar-refractivity contribution is 0.665. The minimum absolute atomic E-state index is 0.0525. The molecule has 0 amide bonds. The highest BCUT2D eigenvalue weighted by Crippen LogP contribution is 2.11. The summed E-state index contributed by atoms with van der Waals surface area (Å²) in [6, 6.07) is 5.54. The van der Waals surface area contributed by atoms with Crippen molar-refractivity contribution in [1.82, 2.24) is 4.98 Å². The Bertz CT molecular complexity index is 414. The zero-order valence-electron chi connectivity index (χ0n) is 9.22. The summed E-state index contributed by atoms with van der Waals surface area (Å²) >= 11 is 0. The van der Waals surface area contributed by atoms with Crippen LogP contribution in [0.2, 0.25) is 0 Å². The zero-order chi connectivity index (χ0) is 12.0. The Morgan fingerprint density at radius 1 is 1.69 bits per heavy atom. The molecule has 0 bridgehead atoms. The molecular formula is C11H15N3OS. The maximum Gasteiger partial charge on any atom is 0.144 e. The fourth-order valence-corrected chi connectivity index (χ4v) is 2.54.